The molecule has 160 valence electrons. The molecule has 0 saturated carbocycles. The summed E-state index contributed by atoms with van der Waals surface area (Å²) in [6.07, 6.45) is 1.80. The normalized spacial score (nSPS) is 17.1. The molecule has 7 nitrogen and oxygen atoms in total. The van der Waals surface area contributed by atoms with Crippen LogP contribution in [-0.2, 0) is 4.74 Å². The van der Waals surface area contributed by atoms with Gasteiger partial charge in [-0.3, -0.25) is 0 Å². The second-order valence-corrected chi connectivity index (χ2v) is 8.68. The highest BCUT2D eigenvalue weighted by Crippen LogP contribution is 2.38. The lowest BCUT2D eigenvalue weighted by molar-refractivity contribution is 0.0986. The number of benzene rings is 2. The maximum atomic E-state index is 6.40. The molecule has 0 spiro atoms. The summed E-state index contributed by atoms with van der Waals surface area (Å²) in [5.41, 5.74) is 2.64. The van der Waals surface area contributed by atoms with Crippen molar-refractivity contribution in [3.8, 4) is 11.1 Å². The van der Waals surface area contributed by atoms with E-state index in [9.17, 15) is 0 Å². The third kappa shape index (κ3) is 3.68. The lowest BCUT2D eigenvalue weighted by Gasteiger charge is -2.34. The van der Waals surface area contributed by atoms with E-state index in [2.05, 4.69) is 64.5 Å². The molecule has 1 fully saturated rings. The van der Waals surface area contributed by atoms with E-state index in [1.54, 1.807) is 12.3 Å². The van der Waals surface area contributed by atoms with Gasteiger partial charge < -0.3 is 19.5 Å². The molecular formula is C23H24ClN5O2. The quantitative estimate of drug-likeness (QED) is 0.473. The van der Waals surface area contributed by atoms with Crippen LogP contribution in [0, 0.1) is 0 Å². The van der Waals surface area contributed by atoms with Crippen LogP contribution >= 0.6 is 11.6 Å². The molecule has 31 heavy (non-hydrogen) atoms. The second-order valence-electron chi connectivity index (χ2n) is 8.24. The Hall–Kier alpha value is -2.90. The minimum absolute atomic E-state index is 0.224. The molecule has 0 amide bonds. The number of hydrogen-bond acceptors (Lipinski definition) is 7. The molecule has 1 N–H and O–H groups in total. The van der Waals surface area contributed by atoms with Gasteiger partial charge in [-0.25, -0.2) is 0 Å². The van der Waals surface area contributed by atoms with Crippen molar-refractivity contribution in [2.24, 2.45) is 0 Å². The first kappa shape index (κ1) is 20.0. The molecule has 5 rings (SSSR count). The standard InChI is InChI=1S/C23H24ClN5O2/c1-13(2)26-22-21-19(9-17(24)10-20(21)31-28-22)15-4-5-18-16(8-15)11-25-27-23(18)29-6-7-30-12-14(29)3/h4-5,8-11,13-14H,6-7,12H2,1-3H3,(H,26,28)/t14-/m0/s1. The predicted octanol–water partition coefficient (Wildman–Crippen LogP) is 5.14. The van der Waals surface area contributed by atoms with Crippen LogP contribution in [0.15, 0.2) is 41.1 Å². The molecule has 1 aliphatic heterocycles. The minimum atomic E-state index is 0.224. The Labute approximate surface area is 185 Å². The van der Waals surface area contributed by atoms with Crippen LogP contribution in [0.1, 0.15) is 20.8 Å². The zero-order chi connectivity index (χ0) is 21.5. The molecule has 1 atom stereocenters. The van der Waals surface area contributed by atoms with Gasteiger partial charge in [0.05, 0.1) is 30.8 Å². The van der Waals surface area contributed by atoms with E-state index in [0.717, 1.165) is 39.6 Å². The summed E-state index contributed by atoms with van der Waals surface area (Å²) < 4.78 is 11.1. The van der Waals surface area contributed by atoms with Crippen LogP contribution in [0.3, 0.4) is 0 Å². The summed E-state index contributed by atoms with van der Waals surface area (Å²) in [5.74, 6) is 1.61. The molecule has 0 radical (unpaired) electrons. The monoisotopic (exact) mass is 437 g/mol. The molecular weight excluding hydrogens is 414 g/mol. The number of anilines is 2. The number of nitrogens with zero attached hydrogens (tertiary/aromatic N) is 4. The van der Waals surface area contributed by atoms with Crippen molar-refractivity contribution in [1.29, 1.82) is 0 Å². The van der Waals surface area contributed by atoms with Gasteiger partial charge in [-0.2, -0.15) is 5.10 Å². The zero-order valence-corrected chi connectivity index (χ0v) is 18.5. The average molecular weight is 438 g/mol. The van der Waals surface area contributed by atoms with E-state index in [4.69, 9.17) is 20.9 Å². The van der Waals surface area contributed by atoms with Gasteiger partial charge in [-0.15, -0.1) is 5.10 Å². The highest BCUT2D eigenvalue weighted by Gasteiger charge is 2.23. The van der Waals surface area contributed by atoms with Crippen molar-refractivity contribution in [2.45, 2.75) is 32.9 Å². The van der Waals surface area contributed by atoms with E-state index in [0.29, 0.717) is 29.6 Å². The van der Waals surface area contributed by atoms with Crippen LogP contribution in [0.2, 0.25) is 5.02 Å². The molecule has 1 aliphatic rings. The second kappa shape index (κ2) is 7.98. The average Bonchev–Trinajstić information content (AvgIpc) is 3.14. The third-order valence-electron chi connectivity index (χ3n) is 5.56. The van der Waals surface area contributed by atoms with E-state index in [1.165, 1.54) is 0 Å². The summed E-state index contributed by atoms with van der Waals surface area (Å²) in [6.45, 7) is 8.47. The Morgan fingerprint density at radius 2 is 2.10 bits per heavy atom. The molecule has 2 aromatic heterocycles. The Kier molecular flexibility index (Phi) is 5.16. The van der Waals surface area contributed by atoms with Crippen molar-refractivity contribution < 1.29 is 9.26 Å². The van der Waals surface area contributed by atoms with E-state index in [-0.39, 0.29) is 12.1 Å². The van der Waals surface area contributed by atoms with Gasteiger partial charge in [0, 0.05) is 34.4 Å². The summed E-state index contributed by atoms with van der Waals surface area (Å²) in [7, 11) is 0. The van der Waals surface area contributed by atoms with Crippen molar-refractivity contribution in [3.63, 3.8) is 0 Å². The van der Waals surface area contributed by atoms with Crippen molar-refractivity contribution in [2.75, 3.05) is 30.0 Å². The van der Waals surface area contributed by atoms with Crippen molar-refractivity contribution in [3.05, 3.63) is 41.6 Å². The van der Waals surface area contributed by atoms with Crippen LogP contribution in [0.4, 0.5) is 11.6 Å². The van der Waals surface area contributed by atoms with Crippen molar-refractivity contribution >= 4 is 45.0 Å². The van der Waals surface area contributed by atoms with Gasteiger partial charge >= 0.3 is 0 Å². The first-order chi connectivity index (χ1) is 15.0. The fourth-order valence-corrected chi connectivity index (χ4v) is 4.34. The number of aromatic nitrogens is 3. The van der Waals surface area contributed by atoms with Gasteiger partial charge in [0.15, 0.2) is 17.2 Å². The lowest BCUT2D eigenvalue weighted by atomic mass is 9.99. The highest BCUT2D eigenvalue weighted by molar-refractivity contribution is 6.32. The molecule has 8 heteroatoms. The predicted molar refractivity (Wildman–Crippen MR) is 124 cm³/mol. The summed E-state index contributed by atoms with van der Waals surface area (Å²) in [6, 6.07) is 10.5. The topological polar surface area (TPSA) is 76.3 Å². The zero-order valence-electron chi connectivity index (χ0n) is 17.7. The maximum absolute atomic E-state index is 6.40. The largest absolute Gasteiger partial charge is 0.377 e. The Morgan fingerprint density at radius 3 is 2.90 bits per heavy atom. The van der Waals surface area contributed by atoms with E-state index >= 15 is 0 Å². The molecule has 2 aromatic carbocycles. The Morgan fingerprint density at radius 1 is 1.23 bits per heavy atom. The number of halogens is 1. The van der Waals surface area contributed by atoms with Gasteiger partial charge in [0.2, 0.25) is 0 Å². The fraction of sp³-hybridized carbons (Fsp3) is 0.348. The molecule has 0 aliphatic carbocycles. The summed E-state index contributed by atoms with van der Waals surface area (Å²) in [5, 5.41) is 19.9. The van der Waals surface area contributed by atoms with Gasteiger partial charge in [0.1, 0.15) is 0 Å². The minimum Gasteiger partial charge on any atom is -0.377 e. The number of nitrogens with one attached hydrogen (secondary N) is 1. The Bertz CT molecular complexity index is 1260. The molecule has 0 unspecified atom stereocenters. The molecule has 4 aromatic rings. The van der Waals surface area contributed by atoms with Crippen LogP contribution < -0.4 is 10.2 Å². The van der Waals surface area contributed by atoms with E-state index in [1.807, 2.05) is 6.07 Å². The van der Waals surface area contributed by atoms with Crippen LogP contribution in [-0.4, -0.2) is 47.2 Å². The SMILES string of the molecule is CC(C)Nc1noc2cc(Cl)cc(-c3ccc4c(N5CCOC[C@@H]5C)nncc4c3)c12. The smallest absolute Gasteiger partial charge is 0.178 e. The lowest BCUT2D eigenvalue weighted by Crippen LogP contribution is -2.44. The van der Waals surface area contributed by atoms with Crippen LogP contribution in [0.25, 0.3) is 32.9 Å². The Balaban J connectivity index is 1.65. The van der Waals surface area contributed by atoms with Crippen molar-refractivity contribution in [1.82, 2.24) is 15.4 Å². The molecule has 3 heterocycles. The molecule has 0 bridgehead atoms. The number of morpholine rings is 1. The first-order valence-corrected chi connectivity index (χ1v) is 10.8. The van der Waals surface area contributed by atoms with Crippen LogP contribution in [0.5, 0.6) is 0 Å². The van der Waals surface area contributed by atoms with E-state index < -0.39 is 0 Å². The number of ether oxygens (including phenoxy) is 1. The number of rotatable bonds is 4. The maximum Gasteiger partial charge on any atom is 0.178 e. The van der Waals surface area contributed by atoms with Gasteiger partial charge in [-0.05, 0) is 50.1 Å². The summed E-state index contributed by atoms with van der Waals surface area (Å²) in [4.78, 5) is 2.26. The summed E-state index contributed by atoms with van der Waals surface area (Å²) >= 11 is 6.40. The van der Waals surface area contributed by atoms with Gasteiger partial charge in [-0.1, -0.05) is 22.8 Å². The third-order valence-corrected chi connectivity index (χ3v) is 5.78. The number of fused-ring (bicyclic) bond motifs is 2. The number of hydrogen-bond donors (Lipinski definition) is 1. The first-order valence-electron chi connectivity index (χ1n) is 10.5. The highest BCUT2D eigenvalue weighted by atomic mass is 35.5. The molecule has 1 saturated heterocycles. The fourth-order valence-electron chi connectivity index (χ4n) is 4.13. The van der Waals surface area contributed by atoms with Gasteiger partial charge in [0.25, 0.3) is 0 Å².